The van der Waals surface area contributed by atoms with Gasteiger partial charge in [-0.05, 0) is 124 Å². The first kappa shape index (κ1) is 32.0. The molecule has 11 rings (SSSR count). The lowest BCUT2D eigenvalue weighted by molar-refractivity contribution is 0.442. The van der Waals surface area contributed by atoms with Crippen LogP contribution in [0.4, 0.5) is 0 Å². The van der Waals surface area contributed by atoms with E-state index in [0.717, 1.165) is 5.70 Å². The van der Waals surface area contributed by atoms with Gasteiger partial charge in [0.2, 0.25) is 0 Å². The summed E-state index contributed by atoms with van der Waals surface area (Å²) in [4.78, 5) is 0. The first-order valence-corrected chi connectivity index (χ1v) is 19.4. The third kappa shape index (κ3) is 5.21. The molecule has 9 aromatic rings. The predicted molar refractivity (Wildman–Crippen MR) is 232 cm³/mol. The number of hydrogen-bond donors (Lipinski definition) is 2. The highest BCUT2D eigenvalue weighted by atomic mass is 15.2. The number of fused-ring (bicyclic) bond motifs is 8. The Morgan fingerprint density at radius 2 is 1.02 bits per heavy atom. The molecule has 0 saturated carbocycles. The molecule has 0 fully saturated rings. The van der Waals surface area contributed by atoms with Crippen molar-refractivity contribution in [2.75, 3.05) is 0 Å². The Morgan fingerprint density at radius 3 is 1.73 bits per heavy atom. The third-order valence-corrected chi connectivity index (χ3v) is 12.2. The van der Waals surface area contributed by atoms with Crippen molar-refractivity contribution < 1.29 is 0 Å². The number of rotatable bonds is 4. The van der Waals surface area contributed by atoms with Gasteiger partial charge >= 0.3 is 0 Å². The van der Waals surface area contributed by atoms with Gasteiger partial charge in [0.25, 0.3) is 0 Å². The fraction of sp³-hybridized carbons (Fsp3) is 0.0943. The highest BCUT2D eigenvalue weighted by molar-refractivity contribution is 6.05. The SMILES string of the molecule is CC1(C)c2cc(C3NC(c4ccc5ccccc5c4)=CC(c4ccc5ccccc5c4)N3)ccc2-c2c(-c3ccc4ccccc4c3)cc3ccccc3c21. The van der Waals surface area contributed by atoms with E-state index in [0.29, 0.717) is 0 Å². The van der Waals surface area contributed by atoms with Crippen LogP contribution in [0.3, 0.4) is 0 Å². The van der Waals surface area contributed by atoms with Crippen molar-refractivity contribution in [3.8, 4) is 22.3 Å². The molecular weight excluding hydrogens is 665 g/mol. The summed E-state index contributed by atoms with van der Waals surface area (Å²) in [5.74, 6) is 0. The fourth-order valence-corrected chi connectivity index (χ4v) is 9.42. The zero-order chi connectivity index (χ0) is 36.7. The molecule has 2 heteroatoms. The van der Waals surface area contributed by atoms with Gasteiger partial charge in [-0.15, -0.1) is 0 Å². The van der Waals surface area contributed by atoms with Gasteiger partial charge in [-0.1, -0.05) is 166 Å². The lowest BCUT2D eigenvalue weighted by atomic mass is 9.79. The summed E-state index contributed by atoms with van der Waals surface area (Å²) in [5, 5.41) is 18.1. The van der Waals surface area contributed by atoms with Crippen LogP contribution in [-0.2, 0) is 5.41 Å². The molecule has 2 unspecified atom stereocenters. The summed E-state index contributed by atoms with van der Waals surface area (Å²) in [6.45, 7) is 4.83. The molecule has 9 aromatic carbocycles. The Morgan fingerprint density at radius 1 is 0.455 bits per heavy atom. The highest BCUT2D eigenvalue weighted by Crippen LogP contribution is 2.55. The molecule has 0 spiro atoms. The van der Waals surface area contributed by atoms with Crippen LogP contribution in [0.25, 0.3) is 71.0 Å². The normalized spacial score (nSPS) is 17.2. The van der Waals surface area contributed by atoms with E-state index in [-0.39, 0.29) is 17.6 Å². The minimum Gasteiger partial charge on any atom is -0.366 e. The van der Waals surface area contributed by atoms with Gasteiger partial charge in [0.1, 0.15) is 6.17 Å². The summed E-state index contributed by atoms with van der Waals surface area (Å²) in [7, 11) is 0. The molecular formula is C53H40N2. The van der Waals surface area contributed by atoms with Crippen LogP contribution in [0.2, 0.25) is 0 Å². The second-order valence-electron chi connectivity index (χ2n) is 15.9. The molecule has 262 valence electrons. The molecule has 55 heavy (non-hydrogen) atoms. The lowest BCUT2D eigenvalue weighted by Gasteiger charge is -2.34. The predicted octanol–water partition coefficient (Wildman–Crippen LogP) is 13.2. The zero-order valence-corrected chi connectivity index (χ0v) is 31.0. The van der Waals surface area contributed by atoms with E-state index in [1.807, 2.05) is 0 Å². The summed E-state index contributed by atoms with van der Waals surface area (Å²) >= 11 is 0. The maximum Gasteiger partial charge on any atom is 0.104 e. The van der Waals surface area contributed by atoms with E-state index in [1.54, 1.807) is 0 Å². The van der Waals surface area contributed by atoms with Gasteiger partial charge in [-0.2, -0.15) is 0 Å². The topological polar surface area (TPSA) is 24.1 Å². The number of hydrogen-bond acceptors (Lipinski definition) is 2. The molecule has 0 aromatic heterocycles. The van der Waals surface area contributed by atoms with E-state index in [4.69, 9.17) is 0 Å². The average molecular weight is 705 g/mol. The Balaban J connectivity index is 1.05. The molecule has 0 bridgehead atoms. The van der Waals surface area contributed by atoms with E-state index in [1.165, 1.54) is 93.2 Å². The molecule has 1 aliphatic heterocycles. The maximum absolute atomic E-state index is 4.02. The Labute approximate surface area is 321 Å². The molecule has 0 saturated heterocycles. The zero-order valence-electron chi connectivity index (χ0n) is 31.0. The van der Waals surface area contributed by atoms with Crippen molar-refractivity contribution in [2.24, 2.45) is 0 Å². The van der Waals surface area contributed by atoms with Crippen molar-refractivity contribution in [3.05, 3.63) is 210 Å². The molecule has 1 heterocycles. The van der Waals surface area contributed by atoms with Gasteiger partial charge in [-0.25, -0.2) is 0 Å². The molecule has 2 atom stereocenters. The second-order valence-corrected chi connectivity index (χ2v) is 15.9. The van der Waals surface area contributed by atoms with Crippen LogP contribution in [0.5, 0.6) is 0 Å². The molecule has 1 aliphatic carbocycles. The Kier molecular flexibility index (Phi) is 7.14. The molecule has 2 N–H and O–H groups in total. The van der Waals surface area contributed by atoms with Crippen molar-refractivity contribution >= 4 is 48.8 Å². The quantitative estimate of drug-likeness (QED) is 0.191. The number of benzene rings is 9. The first-order valence-electron chi connectivity index (χ1n) is 19.4. The van der Waals surface area contributed by atoms with Crippen molar-refractivity contribution in [1.29, 1.82) is 0 Å². The first-order chi connectivity index (χ1) is 27.0. The molecule has 0 amide bonds. The van der Waals surface area contributed by atoms with Gasteiger partial charge in [0, 0.05) is 11.1 Å². The largest absolute Gasteiger partial charge is 0.366 e. The summed E-state index contributed by atoms with van der Waals surface area (Å²) in [6.07, 6.45) is 2.25. The summed E-state index contributed by atoms with van der Waals surface area (Å²) in [6, 6.07) is 65.1. The van der Waals surface area contributed by atoms with E-state index < -0.39 is 0 Å². The maximum atomic E-state index is 4.02. The molecule has 2 nitrogen and oxygen atoms in total. The van der Waals surface area contributed by atoms with E-state index in [2.05, 4.69) is 206 Å². The standard InChI is InChI=1S/C53H40N2/c1-53(2)47-31-43(25-26-45(47)50-46(30-39-17-9-10-18-44(39)51(50)53)40-22-19-33-11-3-6-14-36(33)27-40)52-54-48(41-23-20-34-12-4-7-15-37(34)28-41)32-49(55-52)42-24-21-35-13-5-8-16-38(35)29-42/h3-32,48,52,54-55H,1-2H3. The monoisotopic (exact) mass is 704 g/mol. The van der Waals surface area contributed by atoms with Gasteiger partial charge in [0.15, 0.2) is 0 Å². The van der Waals surface area contributed by atoms with Crippen LogP contribution in [0.15, 0.2) is 182 Å². The van der Waals surface area contributed by atoms with Crippen LogP contribution in [-0.4, -0.2) is 0 Å². The van der Waals surface area contributed by atoms with Gasteiger partial charge < -0.3 is 5.32 Å². The Hall–Kier alpha value is -6.48. The summed E-state index contributed by atoms with van der Waals surface area (Å²) in [5.41, 5.74) is 12.6. The minimum atomic E-state index is -0.212. The smallest absolute Gasteiger partial charge is 0.104 e. The number of nitrogens with one attached hydrogen (secondary N) is 2. The van der Waals surface area contributed by atoms with Gasteiger partial charge in [-0.3, -0.25) is 5.32 Å². The summed E-state index contributed by atoms with van der Waals surface area (Å²) < 4.78 is 0. The third-order valence-electron chi connectivity index (χ3n) is 12.2. The van der Waals surface area contributed by atoms with E-state index in [9.17, 15) is 0 Å². The van der Waals surface area contributed by atoms with Crippen molar-refractivity contribution in [2.45, 2.75) is 31.5 Å². The van der Waals surface area contributed by atoms with Crippen molar-refractivity contribution in [3.63, 3.8) is 0 Å². The van der Waals surface area contributed by atoms with E-state index >= 15 is 0 Å². The minimum absolute atomic E-state index is 0.0132. The average Bonchev–Trinajstić information content (AvgIpc) is 3.48. The van der Waals surface area contributed by atoms with Gasteiger partial charge in [0.05, 0.1) is 6.04 Å². The van der Waals surface area contributed by atoms with Crippen LogP contribution < -0.4 is 10.6 Å². The highest BCUT2D eigenvalue weighted by Gasteiger charge is 2.39. The van der Waals surface area contributed by atoms with Crippen LogP contribution in [0, 0.1) is 0 Å². The Bertz CT molecular complexity index is 3040. The van der Waals surface area contributed by atoms with Crippen LogP contribution in [0.1, 0.15) is 53.9 Å². The molecule has 0 radical (unpaired) electrons. The van der Waals surface area contributed by atoms with Crippen molar-refractivity contribution in [1.82, 2.24) is 10.6 Å². The molecule has 2 aliphatic rings. The van der Waals surface area contributed by atoms with Crippen LogP contribution >= 0.6 is 0 Å². The second kappa shape index (κ2) is 12.3. The lowest BCUT2D eigenvalue weighted by Crippen LogP contribution is -2.39. The fourth-order valence-electron chi connectivity index (χ4n) is 9.42.